The Morgan fingerprint density at radius 1 is 1.24 bits per heavy atom. The molecule has 1 aliphatic carbocycles. The van der Waals surface area contributed by atoms with Crippen LogP contribution in [0.15, 0.2) is 24.3 Å². The third kappa shape index (κ3) is 3.33. The molecule has 0 unspecified atom stereocenters. The summed E-state index contributed by atoms with van der Waals surface area (Å²) in [6, 6.07) is 8.23. The molecular formula is C15H19NO. The Labute approximate surface area is 103 Å². The maximum absolute atomic E-state index is 9.84. The summed E-state index contributed by atoms with van der Waals surface area (Å²) in [5.74, 6) is 2.61. The molecule has 90 valence electrons. The molecule has 0 aliphatic heterocycles. The maximum atomic E-state index is 9.84. The summed E-state index contributed by atoms with van der Waals surface area (Å²) >= 11 is 0. The molecule has 0 spiro atoms. The number of nitrogens with one attached hydrogen (secondary N) is 1. The fraction of sp³-hybridized carbons (Fsp3) is 0.467. The quantitative estimate of drug-likeness (QED) is 0.778. The van der Waals surface area contributed by atoms with E-state index >= 15 is 0 Å². The van der Waals surface area contributed by atoms with Gasteiger partial charge >= 0.3 is 0 Å². The molecule has 0 aromatic heterocycles. The minimum Gasteiger partial charge on any atom is -0.392 e. The number of terminal acetylenes is 1. The summed E-state index contributed by atoms with van der Waals surface area (Å²) in [5, 5.41) is 13.3. The molecule has 2 atom stereocenters. The Morgan fingerprint density at radius 3 is 2.59 bits per heavy atom. The van der Waals surface area contributed by atoms with Gasteiger partial charge in [-0.2, -0.15) is 0 Å². The fourth-order valence-corrected chi connectivity index (χ4v) is 2.32. The molecule has 1 aromatic rings. The van der Waals surface area contributed by atoms with Crippen molar-refractivity contribution in [2.75, 3.05) is 0 Å². The van der Waals surface area contributed by atoms with Crippen LogP contribution in [-0.2, 0) is 6.54 Å². The number of hydrogen-bond donors (Lipinski definition) is 2. The summed E-state index contributed by atoms with van der Waals surface area (Å²) in [6.45, 7) is 0.798. The Balaban J connectivity index is 1.86. The van der Waals surface area contributed by atoms with Crippen molar-refractivity contribution < 1.29 is 5.11 Å². The predicted octanol–water partition coefficient (Wildman–Crippen LogP) is 2.06. The molecule has 1 fully saturated rings. The summed E-state index contributed by atoms with van der Waals surface area (Å²) < 4.78 is 0. The van der Waals surface area contributed by atoms with E-state index in [1.165, 1.54) is 12.0 Å². The standard InChI is InChI=1S/C15H19NO/c1-2-12-7-9-13(10-8-12)11-16-14-5-3-4-6-15(14)17/h1,7-10,14-17H,3-6,11H2/t14-,15-/m1/s1. The van der Waals surface area contributed by atoms with Crippen molar-refractivity contribution in [2.24, 2.45) is 0 Å². The van der Waals surface area contributed by atoms with Crippen molar-refractivity contribution in [1.82, 2.24) is 5.32 Å². The van der Waals surface area contributed by atoms with Crippen molar-refractivity contribution in [1.29, 1.82) is 0 Å². The average molecular weight is 229 g/mol. The van der Waals surface area contributed by atoms with Crippen LogP contribution in [0.3, 0.4) is 0 Å². The number of rotatable bonds is 3. The lowest BCUT2D eigenvalue weighted by molar-refractivity contribution is 0.0902. The fourth-order valence-electron chi connectivity index (χ4n) is 2.32. The third-order valence-electron chi connectivity index (χ3n) is 3.42. The highest BCUT2D eigenvalue weighted by atomic mass is 16.3. The van der Waals surface area contributed by atoms with Gasteiger partial charge in [0.25, 0.3) is 0 Å². The first kappa shape index (κ1) is 12.2. The van der Waals surface area contributed by atoms with E-state index in [4.69, 9.17) is 6.42 Å². The van der Waals surface area contributed by atoms with Gasteiger partial charge in [-0.05, 0) is 30.5 Å². The van der Waals surface area contributed by atoms with E-state index in [1.54, 1.807) is 0 Å². The van der Waals surface area contributed by atoms with Crippen LogP contribution in [0.1, 0.15) is 36.8 Å². The molecule has 1 saturated carbocycles. The summed E-state index contributed by atoms with van der Waals surface area (Å²) in [4.78, 5) is 0. The van der Waals surface area contributed by atoms with Crippen LogP contribution in [0, 0.1) is 12.3 Å². The van der Waals surface area contributed by atoms with E-state index in [0.717, 1.165) is 31.4 Å². The zero-order valence-electron chi connectivity index (χ0n) is 10.0. The Kier molecular flexibility index (Phi) is 4.19. The predicted molar refractivity (Wildman–Crippen MR) is 69.5 cm³/mol. The van der Waals surface area contributed by atoms with E-state index in [-0.39, 0.29) is 12.1 Å². The van der Waals surface area contributed by atoms with E-state index in [0.29, 0.717) is 0 Å². The van der Waals surface area contributed by atoms with Crippen LogP contribution < -0.4 is 5.32 Å². The van der Waals surface area contributed by atoms with E-state index in [2.05, 4.69) is 11.2 Å². The number of aliphatic hydroxyl groups excluding tert-OH is 1. The normalized spacial score (nSPS) is 24.2. The Hall–Kier alpha value is -1.30. The van der Waals surface area contributed by atoms with Crippen molar-refractivity contribution in [3.63, 3.8) is 0 Å². The van der Waals surface area contributed by atoms with E-state index < -0.39 is 0 Å². The van der Waals surface area contributed by atoms with Gasteiger partial charge in [0.1, 0.15) is 0 Å². The van der Waals surface area contributed by atoms with Gasteiger partial charge in [-0.15, -0.1) is 6.42 Å². The number of hydrogen-bond acceptors (Lipinski definition) is 2. The van der Waals surface area contributed by atoms with Crippen LogP contribution in [0.2, 0.25) is 0 Å². The van der Waals surface area contributed by atoms with Gasteiger partial charge in [0, 0.05) is 18.2 Å². The summed E-state index contributed by atoms with van der Waals surface area (Å²) in [7, 11) is 0. The van der Waals surface area contributed by atoms with Crippen molar-refractivity contribution in [3.8, 4) is 12.3 Å². The van der Waals surface area contributed by atoms with E-state index in [9.17, 15) is 5.11 Å². The molecule has 0 bridgehead atoms. The maximum Gasteiger partial charge on any atom is 0.0693 e. The lowest BCUT2D eigenvalue weighted by Gasteiger charge is -2.28. The molecular weight excluding hydrogens is 210 g/mol. The second-order valence-corrected chi connectivity index (χ2v) is 4.68. The first-order valence-electron chi connectivity index (χ1n) is 6.26. The molecule has 0 heterocycles. The first-order chi connectivity index (χ1) is 8.29. The van der Waals surface area contributed by atoms with Crippen molar-refractivity contribution in [3.05, 3.63) is 35.4 Å². The molecule has 0 saturated heterocycles. The highest BCUT2D eigenvalue weighted by molar-refractivity contribution is 5.34. The number of benzene rings is 1. The first-order valence-corrected chi connectivity index (χ1v) is 6.26. The SMILES string of the molecule is C#Cc1ccc(CN[C@@H]2CCCC[C@H]2O)cc1. The smallest absolute Gasteiger partial charge is 0.0693 e. The molecule has 17 heavy (non-hydrogen) atoms. The van der Waals surface area contributed by atoms with Gasteiger partial charge in [-0.3, -0.25) is 0 Å². The van der Waals surface area contributed by atoms with Gasteiger partial charge in [0.15, 0.2) is 0 Å². The topological polar surface area (TPSA) is 32.3 Å². The summed E-state index contributed by atoms with van der Waals surface area (Å²) in [6.07, 6.45) is 9.48. The largest absolute Gasteiger partial charge is 0.392 e. The van der Waals surface area contributed by atoms with Crippen LogP contribution in [0.4, 0.5) is 0 Å². The minimum atomic E-state index is -0.186. The van der Waals surface area contributed by atoms with Gasteiger partial charge in [-0.1, -0.05) is 30.9 Å². The molecule has 1 aliphatic rings. The molecule has 0 amide bonds. The number of aliphatic hydroxyl groups is 1. The van der Waals surface area contributed by atoms with Crippen LogP contribution in [0.5, 0.6) is 0 Å². The van der Waals surface area contributed by atoms with Gasteiger partial charge in [-0.25, -0.2) is 0 Å². The zero-order valence-corrected chi connectivity index (χ0v) is 10.0. The lowest BCUT2D eigenvalue weighted by atomic mass is 9.92. The monoisotopic (exact) mass is 229 g/mol. The van der Waals surface area contributed by atoms with Crippen LogP contribution >= 0.6 is 0 Å². The second kappa shape index (κ2) is 5.86. The second-order valence-electron chi connectivity index (χ2n) is 4.68. The highest BCUT2D eigenvalue weighted by Crippen LogP contribution is 2.18. The molecule has 2 nitrogen and oxygen atoms in total. The van der Waals surface area contributed by atoms with Gasteiger partial charge < -0.3 is 10.4 Å². The molecule has 1 aromatic carbocycles. The zero-order chi connectivity index (χ0) is 12.1. The lowest BCUT2D eigenvalue weighted by Crippen LogP contribution is -2.41. The van der Waals surface area contributed by atoms with Gasteiger partial charge in [0.05, 0.1) is 6.10 Å². The Morgan fingerprint density at radius 2 is 1.94 bits per heavy atom. The minimum absolute atomic E-state index is 0.186. The average Bonchev–Trinajstić information content (AvgIpc) is 2.38. The van der Waals surface area contributed by atoms with Gasteiger partial charge in [0.2, 0.25) is 0 Å². The molecule has 2 heteroatoms. The van der Waals surface area contributed by atoms with Crippen LogP contribution in [-0.4, -0.2) is 17.3 Å². The Bertz CT molecular complexity index is 390. The third-order valence-corrected chi connectivity index (χ3v) is 3.42. The highest BCUT2D eigenvalue weighted by Gasteiger charge is 2.21. The molecule has 0 radical (unpaired) electrons. The molecule has 2 N–H and O–H groups in total. The van der Waals surface area contributed by atoms with Crippen molar-refractivity contribution in [2.45, 2.75) is 44.4 Å². The van der Waals surface area contributed by atoms with E-state index in [1.807, 2.05) is 24.3 Å². The van der Waals surface area contributed by atoms with Crippen molar-refractivity contribution >= 4 is 0 Å². The van der Waals surface area contributed by atoms with Crippen LogP contribution in [0.25, 0.3) is 0 Å². The summed E-state index contributed by atoms with van der Waals surface area (Å²) in [5.41, 5.74) is 2.12. The molecule has 2 rings (SSSR count).